The summed E-state index contributed by atoms with van der Waals surface area (Å²) in [5.74, 6) is 0.372. The number of carboxylic acids is 1. The number of piperidine rings is 1. The Morgan fingerprint density at radius 2 is 2.00 bits per heavy atom. The molecule has 2 rings (SSSR count). The molecule has 17 heavy (non-hydrogen) atoms. The molecule has 1 aliphatic rings. The molecule has 0 bridgehead atoms. The van der Waals surface area contributed by atoms with Crippen LogP contribution >= 0.6 is 0 Å². The fraction of sp³-hybridized carbons (Fsp3) is 0.538. The normalized spacial score (nSPS) is 24.7. The maximum Gasteiger partial charge on any atom is 0.337 e. The smallest absolute Gasteiger partial charge is 0.337 e. The van der Waals surface area contributed by atoms with E-state index in [1.807, 2.05) is 0 Å². The fourth-order valence-electron chi connectivity index (χ4n) is 2.59. The Morgan fingerprint density at radius 3 is 2.59 bits per heavy atom. The van der Waals surface area contributed by atoms with Gasteiger partial charge in [-0.2, -0.15) is 0 Å². The van der Waals surface area contributed by atoms with Gasteiger partial charge in [0.25, 0.3) is 0 Å². The van der Waals surface area contributed by atoms with Gasteiger partial charge in [-0.3, -0.25) is 4.98 Å². The van der Waals surface area contributed by atoms with E-state index < -0.39 is 5.97 Å². The van der Waals surface area contributed by atoms with Gasteiger partial charge in [0.15, 0.2) is 0 Å². The largest absolute Gasteiger partial charge is 0.478 e. The van der Waals surface area contributed by atoms with Gasteiger partial charge in [-0.05, 0) is 24.3 Å². The summed E-state index contributed by atoms with van der Waals surface area (Å²) in [6.07, 6.45) is 4.38. The average molecular weight is 234 g/mol. The van der Waals surface area contributed by atoms with Gasteiger partial charge in [0, 0.05) is 19.3 Å². The van der Waals surface area contributed by atoms with Crippen molar-refractivity contribution in [2.45, 2.75) is 20.3 Å². The van der Waals surface area contributed by atoms with Crippen LogP contribution in [0.4, 0.5) is 5.69 Å². The molecular weight excluding hydrogens is 216 g/mol. The van der Waals surface area contributed by atoms with E-state index in [4.69, 9.17) is 5.11 Å². The molecular formula is C13H18N2O2. The van der Waals surface area contributed by atoms with Crippen LogP contribution in [-0.2, 0) is 0 Å². The number of aromatic carboxylic acids is 1. The van der Waals surface area contributed by atoms with Crippen molar-refractivity contribution in [2.24, 2.45) is 11.8 Å². The van der Waals surface area contributed by atoms with Crippen LogP contribution in [0.1, 0.15) is 30.6 Å². The lowest BCUT2D eigenvalue weighted by Gasteiger charge is -2.36. The summed E-state index contributed by atoms with van der Waals surface area (Å²) in [7, 11) is 0. The fourth-order valence-corrected chi connectivity index (χ4v) is 2.59. The van der Waals surface area contributed by atoms with Crippen LogP contribution in [0.15, 0.2) is 18.5 Å². The molecule has 2 unspecified atom stereocenters. The molecule has 1 N–H and O–H groups in total. The van der Waals surface area contributed by atoms with Crippen LogP contribution < -0.4 is 4.90 Å². The molecule has 0 aliphatic carbocycles. The molecule has 0 amide bonds. The van der Waals surface area contributed by atoms with Gasteiger partial charge in [-0.1, -0.05) is 13.8 Å². The molecule has 2 heterocycles. The lowest BCUT2D eigenvalue weighted by Crippen LogP contribution is -2.38. The molecule has 0 radical (unpaired) electrons. The van der Waals surface area contributed by atoms with E-state index in [0.717, 1.165) is 18.8 Å². The minimum atomic E-state index is -0.919. The first-order valence-corrected chi connectivity index (χ1v) is 5.99. The summed E-state index contributed by atoms with van der Waals surface area (Å²) >= 11 is 0. The topological polar surface area (TPSA) is 53.4 Å². The Morgan fingerprint density at radius 1 is 1.35 bits per heavy atom. The summed E-state index contributed by atoms with van der Waals surface area (Å²) < 4.78 is 0. The van der Waals surface area contributed by atoms with Gasteiger partial charge in [0.1, 0.15) is 0 Å². The Hall–Kier alpha value is -1.58. The number of carbonyl (C=O) groups is 1. The monoisotopic (exact) mass is 234 g/mol. The Kier molecular flexibility index (Phi) is 3.31. The van der Waals surface area contributed by atoms with Crippen molar-refractivity contribution in [3.63, 3.8) is 0 Å². The second-order valence-electron chi connectivity index (χ2n) is 5.09. The van der Waals surface area contributed by atoms with E-state index in [0.29, 0.717) is 11.8 Å². The van der Waals surface area contributed by atoms with Crippen LogP contribution in [0.2, 0.25) is 0 Å². The first kappa shape index (κ1) is 11.9. The zero-order valence-corrected chi connectivity index (χ0v) is 10.3. The van der Waals surface area contributed by atoms with Crippen molar-refractivity contribution in [1.82, 2.24) is 4.98 Å². The highest BCUT2D eigenvalue weighted by Crippen LogP contribution is 2.26. The zero-order valence-electron chi connectivity index (χ0n) is 10.3. The van der Waals surface area contributed by atoms with Crippen molar-refractivity contribution in [1.29, 1.82) is 0 Å². The minimum Gasteiger partial charge on any atom is -0.478 e. The number of rotatable bonds is 2. The summed E-state index contributed by atoms with van der Waals surface area (Å²) in [4.78, 5) is 17.1. The van der Waals surface area contributed by atoms with Crippen molar-refractivity contribution in [2.75, 3.05) is 18.0 Å². The van der Waals surface area contributed by atoms with E-state index in [9.17, 15) is 4.79 Å². The Balaban J connectivity index is 2.21. The van der Waals surface area contributed by atoms with Gasteiger partial charge in [-0.25, -0.2) is 4.79 Å². The highest BCUT2D eigenvalue weighted by molar-refractivity contribution is 5.88. The van der Waals surface area contributed by atoms with Crippen LogP contribution in [-0.4, -0.2) is 29.1 Å². The highest BCUT2D eigenvalue weighted by atomic mass is 16.4. The number of carboxylic acid groups (broad SMARTS) is 1. The Labute approximate surface area is 101 Å². The molecule has 1 aromatic rings. The second kappa shape index (κ2) is 4.73. The molecule has 0 aromatic carbocycles. The summed E-state index contributed by atoms with van der Waals surface area (Å²) in [6, 6.07) is 1.71. The number of hydrogen-bond acceptors (Lipinski definition) is 3. The number of hydrogen-bond donors (Lipinski definition) is 1. The molecule has 2 atom stereocenters. The molecule has 0 spiro atoms. The number of nitrogens with zero attached hydrogens (tertiary/aromatic N) is 2. The van der Waals surface area contributed by atoms with Crippen LogP contribution in [0.3, 0.4) is 0 Å². The molecule has 92 valence electrons. The molecule has 1 saturated heterocycles. The number of anilines is 1. The molecule has 1 aromatic heterocycles. The Bertz CT molecular complexity index is 410. The van der Waals surface area contributed by atoms with E-state index in [2.05, 4.69) is 23.7 Å². The quantitative estimate of drug-likeness (QED) is 0.852. The predicted octanol–water partition coefficient (Wildman–Crippen LogP) is 2.26. The predicted molar refractivity (Wildman–Crippen MR) is 66.4 cm³/mol. The van der Waals surface area contributed by atoms with Crippen LogP contribution in [0, 0.1) is 11.8 Å². The van der Waals surface area contributed by atoms with Crippen LogP contribution in [0.25, 0.3) is 0 Å². The summed E-state index contributed by atoms with van der Waals surface area (Å²) in [6.45, 7) is 6.43. The lowest BCUT2D eigenvalue weighted by molar-refractivity contribution is 0.0696. The highest BCUT2D eigenvalue weighted by Gasteiger charge is 2.22. The van der Waals surface area contributed by atoms with Gasteiger partial charge in [-0.15, -0.1) is 0 Å². The van der Waals surface area contributed by atoms with Crippen molar-refractivity contribution in [3.05, 3.63) is 24.0 Å². The third-order valence-corrected chi connectivity index (χ3v) is 3.20. The van der Waals surface area contributed by atoms with Gasteiger partial charge in [0.05, 0.1) is 17.4 Å². The summed E-state index contributed by atoms with van der Waals surface area (Å²) in [5.41, 5.74) is 1.18. The third kappa shape index (κ3) is 2.75. The molecule has 4 heteroatoms. The van der Waals surface area contributed by atoms with E-state index >= 15 is 0 Å². The average Bonchev–Trinajstić information content (AvgIpc) is 2.28. The van der Waals surface area contributed by atoms with E-state index in [-0.39, 0.29) is 5.56 Å². The maximum atomic E-state index is 10.9. The van der Waals surface area contributed by atoms with Crippen LogP contribution in [0.5, 0.6) is 0 Å². The van der Waals surface area contributed by atoms with Crippen molar-refractivity contribution in [3.8, 4) is 0 Å². The standard InChI is InChI=1S/C13H18N2O2/c1-9-3-10(2)8-15(7-9)12-4-11(13(16)17)5-14-6-12/h4-6,9-10H,3,7-8H2,1-2H3,(H,16,17). The second-order valence-corrected chi connectivity index (χ2v) is 5.09. The minimum absolute atomic E-state index is 0.258. The summed E-state index contributed by atoms with van der Waals surface area (Å²) in [5, 5.41) is 8.95. The number of pyridine rings is 1. The van der Waals surface area contributed by atoms with E-state index in [1.165, 1.54) is 12.6 Å². The number of aromatic nitrogens is 1. The van der Waals surface area contributed by atoms with Gasteiger partial charge >= 0.3 is 5.97 Å². The molecule has 1 fully saturated rings. The van der Waals surface area contributed by atoms with Gasteiger partial charge < -0.3 is 10.0 Å². The van der Waals surface area contributed by atoms with Gasteiger partial charge in [0.2, 0.25) is 0 Å². The zero-order chi connectivity index (χ0) is 12.4. The lowest BCUT2D eigenvalue weighted by atomic mass is 9.91. The first-order valence-electron chi connectivity index (χ1n) is 5.99. The molecule has 0 saturated carbocycles. The maximum absolute atomic E-state index is 10.9. The SMILES string of the molecule is CC1CC(C)CN(c2cncc(C(=O)O)c2)C1. The van der Waals surface area contributed by atoms with E-state index in [1.54, 1.807) is 12.3 Å². The molecule has 4 nitrogen and oxygen atoms in total. The first-order chi connectivity index (χ1) is 8.06. The van der Waals surface area contributed by atoms with Crippen molar-refractivity contribution < 1.29 is 9.90 Å². The third-order valence-electron chi connectivity index (χ3n) is 3.20. The van der Waals surface area contributed by atoms with Crippen molar-refractivity contribution >= 4 is 11.7 Å². The molecule has 1 aliphatic heterocycles.